The van der Waals surface area contributed by atoms with Crippen molar-refractivity contribution in [3.05, 3.63) is 12.3 Å². The zero-order chi connectivity index (χ0) is 5.98. The molecule has 0 N–H and O–H groups in total. The fourth-order valence-corrected chi connectivity index (χ4v) is 0.711. The zero-order valence-electron chi connectivity index (χ0n) is 4.92. The molecule has 0 aromatic rings. The van der Waals surface area contributed by atoms with Crippen molar-refractivity contribution >= 4 is 5.78 Å². The smallest absolute Gasteiger partial charge is 0.176 e. The molecule has 0 bridgehead atoms. The quantitative estimate of drug-likeness (QED) is 0.488. The molecule has 8 heavy (non-hydrogen) atoms. The van der Waals surface area contributed by atoms with E-state index in [1.807, 2.05) is 18.0 Å². The van der Waals surface area contributed by atoms with Crippen LogP contribution < -0.4 is 0 Å². The lowest BCUT2D eigenvalue weighted by Crippen LogP contribution is -2.16. The summed E-state index contributed by atoms with van der Waals surface area (Å²) in [6.45, 7) is 3.54. The Morgan fingerprint density at radius 2 is 2.62 bits per heavy atom. The Kier molecular flexibility index (Phi) is 1.33. The van der Waals surface area contributed by atoms with Crippen LogP contribution in [0.15, 0.2) is 12.3 Å². The van der Waals surface area contributed by atoms with Gasteiger partial charge in [-0.25, -0.2) is 0 Å². The van der Waals surface area contributed by atoms with E-state index in [9.17, 15) is 4.79 Å². The molecular weight excluding hydrogens is 102 g/mol. The van der Waals surface area contributed by atoms with Gasteiger partial charge in [0.05, 0.1) is 6.54 Å². The van der Waals surface area contributed by atoms with Gasteiger partial charge in [0, 0.05) is 12.7 Å². The first-order chi connectivity index (χ1) is 3.83. The number of carbonyl (C=O) groups is 1. The second-order valence-corrected chi connectivity index (χ2v) is 1.85. The highest BCUT2D eigenvalue weighted by molar-refractivity contribution is 5.93. The number of nitrogens with zero attached hydrogens (tertiary/aromatic N) is 1. The first-order valence-electron chi connectivity index (χ1n) is 2.78. The molecule has 1 aliphatic heterocycles. The number of carbonyl (C=O) groups excluding carboxylic acids is 1. The van der Waals surface area contributed by atoms with E-state index in [1.165, 1.54) is 0 Å². The number of hydrogen-bond donors (Lipinski definition) is 0. The van der Waals surface area contributed by atoms with Crippen molar-refractivity contribution < 1.29 is 4.79 Å². The first-order valence-corrected chi connectivity index (χ1v) is 2.78. The molecule has 2 nitrogen and oxygen atoms in total. The molecule has 0 saturated heterocycles. The lowest BCUT2D eigenvalue weighted by atomic mass is 10.4. The van der Waals surface area contributed by atoms with E-state index in [0.717, 1.165) is 6.54 Å². The van der Waals surface area contributed by atoms with E-state index in [0.29, 0.717) is 6.54 Å². The predicted molar refractivity (Wildman–Crippen MR) is 31.4 cm³/mol. The van der Waals surface area contributed by atoms with Crippen molar-refractivity contribution in [2.45, 2.75) is 6.92 Å². The van der Waals surface area contributed by atoms with Crippen LogP contribution in [0.3, 0.4) is 0 Å². The van der Waals surface area contributed by atoms with Crippen molar-refractivity contribution in [3.63, 3.8) is 0 Å². The monoisotopic (exact) mass is 111 g/mol. The van der Waals surface area contributed by atoms with Gasteiger partial charge in [-0.05, 0) is 13.0 Å². The maximum atomic E-state index is 10.5. The molecule has 0 atom stereocenters. The summed E-state index contributed by atoms with van der Waals surface area (Å²) in [7, 11) is 0. The van der Waals surface area contributed by atoms with Crippen LogP contribution in [0.25, 0.3) is 0 Å². The fourth-order valence-electron chi connectivity index (χ4n) is 0.711. The van der Waals surface area contributed by atoms with Crippen LogP contribution in [0.5, 0.6) is 0 Å². The van der Waals surface area contributed by atoms with Crippen molar-refractivity contribution in [1.29, 1.82) is 0 Å². The van der Waals surface area contributed by atoms with Crippen LogP contribution in [0.2, 0.25) is 0 Å². The Morgan fingerprint density at radius 3 is 2.88 bits per heavy atom. The standard InChI is InChI=1S/C6H9NO/c1-2-7-4-3-6(8)5-7/h3-4H,2,5H2,1H3. The third kappa shape index (κ3) is 0.886. The van der Waals surface area contributed by atoms with Gasteiger partial charge in [-0.1, -0.05) is 0 Å². The van der Waals surface area contributed by atoms with Crippen molar-refractivity contribution in [2.75, 3.05) is 13.1 Å². The van der Waals surface area contributed by atoms with Gasteiger partial charge in [-0.15, -0.1) is 0 Å². The average Bonchev–Trinajstić information content (AvgIpc) is 2.14. The Balaban J connectivity index is 2.46. The van der Waals surface area contributed by atoms with E-state index < -0.39 is 0 Å². The SMILES string of the molecule is CCN1C=CC(=O)C1. The molecule has 1 rings (SSSR count). The van der Waals surface area contributed by atoms with Gasteiger partial charge in [0.25, 0.3) is 0 Å². The molecule has 0 aromatic carbocycles. The van der Waals surface area contributed by atoms with Gasteiger partial charge < -0.3 is 4.90 Å². The Labute approximate surface area is 48.8 Å². The number of ketones is 1. The maximum Gasteiger partial charge on any atom is 0.176 e. The van der Waals surface area contributed by atoms with Gasteiger partial charge in [-0.3, -0.25) is 4.79 Å². The molecule has 0 radical (unpaired) electrons. The summed E-state index contributed by atoms with van der Waals surface area (Å²) in [4.78, 5) is 12.5. The minimum absolute atomic E-state index is 0.215. The average molecular weight is 111 g/mol. The summed E-state index contributed by atoms with van der Waals surface area (Å²) in [6, 6.07) is 0. The summed E-state index contributed by atoms with van der Waals surface area (Å²) in [5.41, 5.74) is 0. The molecule has 0 amide bonds. The highest BCUT2D eigenvalue weighted by Gasteiger charge is 2.07. The molecule has 1 aliphatic rings. The summed E-state index contributed by atoms with van der Waals surface area (Å²) >= 11 is 0. The molecule has 0 aliphatic carbocycles. The lowest BCUT2D eigenvalue weighted by molar-refractivity contribution is -0.114. The Bertz CT molecular complexity index is 128. The van der Waals surface area contributed by atoms with Crippen LogP contribution in [0, 0.1) is 0 Å². The molecule has 0 aromatic heterocycles. The summed E-state index contributed by atoms with van der Waals surface area (Å²) in [6.07, 6.45) is 3.45. The van der Waals surface area contributed by atoms with Crippen LogP contribution in [-0.4, -0.2) is 23.8 Å². The Morgan fingerprint density at radius 1 is 1.88 bits per heavy atom. The van der Waals surface area contributed by atoms with E-state index in [4.69, 9.17) is 0 Å². The second kappa shape index (κ2) is 1.99. The van der Waals surface area contributed by atoms with Crippen LogP contribution in [-0.2, 0) is 4.79 Å². The number of hydrogen-bond acceptors (Lipinski definition) is 2. The molecular formula is C6H9NO. The minimum atomic E-state index is 0.215. The van der Waals surface area contributed by atoms with Crippen molar-refractivity contribution in [2.24, 2.45) is 0 Å². The lowest BCUT2D eigenvalue weighted by Gasteiger charge is -2.08. The molecule has 0 spiro atoms. The third-order valence-corrected chi connectivity index (χ3v) is 1.24. The highest BCUT2D eigenvalue weighted by Crippen LogP contribution is 1.97. The van der Waals surface area contributed by atoms with Gasteiger partial charge >= 0.3 is 0 Å². The third-order valence-electron chi connectivity index (χ3n) is 1.24. The summed E-state index contributed by atoms with van der Waals surface area (Å²) < 4.78 is 0. The largest absolute Gasteiger partial charge is 0.370 e. The summed E-state index contributed by atoms with van der Waals surface area (Å²) in [5, 5.41) is 0. The summed E-state index contributed by atoms with van der Waals surface area (Å²) in [5.74, 6) is 0.215. The van der Waals surface area contributed by atoms with Gasteiger partial charge in [0.15, 0.2) is 5.78 Å². The molecule has 2 heteroatoms. The molecule has 44 valence electrons. The molecule has 0 unspecified atom stereocenters. The van der Waals surface area contributed by atoms with Gasteiger partial charge in [-0.2, -0.15) is 0 Å². The second-order valence-electron chi connectivity index (χ2n) is 1.85. The van der Waals surface area contributed by atoms with E-state index in [2.05, 4.69) is 0 Å². The van der Waals surface area contributed by atoms with E-state index >= 15 is 0 Å². The zero-order valence-corrected chi connectivity index (χ0v) is 4.92. The minimum Gasteiger partial charge on any atom is -0.370 e. The van der Waals surface area contributed by atoms with Crippen LogP contribution in [0.1, 0.15) is 6.92 Å². The van der Waals surface area contributed by atoms with Crippen LogP contribution in [0.4, 0.5) is 0 Å². The number of rotatable bonds is 1. The van der Waals surface area contributed by atoms with E-state index in [1.54, 1.807) is 6.08 Å². The number of likely N-dealkylation sites (N-methyl/N-ethyl adjacent to an activating group) is 1. The van der Waals surface area contributed by atoms with Gasteiger partial charge in [0.2, 0.25) is 0 Å². The normalized spacial score (nSPS) is 18.1. The Hall–Kier alpha value is -0.790. The van der Waals surface area contributed by atoms with E-state index in [-0.39, 0.29) is 5.78 Å². The van der Waals surface area contributed by atoms with Crippen molar-refractivity contribution in [1.82, 2.24) is 4.90 Å². The molecule has 1 heterocycles. The topological polar surface area (TPSA) is 20.3 Å². The first kappa shape index (κ1) is 5.35. The van der Waals surface area contributed by atoms with Gasteiger partial charge in [0.1, 0.15) is 0 Å². The molecule has 0 saturated carbocycles. The fraction of sp³-hybridized carbons (Fsp3) is 0.500. The predicted octanol–water partition coefficient (Wildman–Crippen LogP) is 0.405. The van der Waals surface area contributed by atoms with Crippen molar-refractivity contribution in [3.8, 4) is 0 Å². The maximum absolute atomic E-state index is 10.5. The van der Waals surface area contributed by atoms with Crippen LogP contribution >= 0.6 is 0 Å². The highest BCUT2D eigenvalue weighted by atomic mass is 16.1. The molecule has 0 fully saturated rings.